The van der Waals surface area contributed by atoms with Crippen LogP contribution < -0.4 is 5.32 Å². The van der Waals surface area contributed by atoms with Gasteiger partial charge in [-0.3, -0.25) is 0 Å². The van der Waals surface area contributed by atoms with Gasteiger partial charge >= 0.3 is 12.1 Å². The average Bonchev–Trinajstić information content (AvgIpc) is 2.43. The number of aromatic nitrogens is 2. The molecule has 0 bridgehead atoms. The molecular formula is C16H24BrN3O4. The maximum atomic E-state index is 12.4. The van der Waals surface area contributed by atoms with Crippen LogP contribution in [0.25, 0.3) is 0 Å². The number of halogens is 1. The highest BCUT2D eigenvalue weighted by atomic mass is 79.9. The molecule has 0 aliphatic rings. The van der Waals surface area contributed by atoms with Gasteiger partial charge in [0.15, 0.2) is 11.9 Å². The number of rotatable bonds is 5. The van der Waals surface area contributed by atoms with Gasteiger partial charge in [0.1, 0.15) is 11.6 Å². The molecule has 0 radical (unpaired) electrons. The fourth-order valence-corrected chi connectivity index (χ4v) is 1.97. The van der Waals surface area contributed by atoms with E-state index in [9.17, 15) is 9.59 Å². The predicted octanol–water partition coefficient (Wildman–Crippen LogP) is 3.39. The molecule has 0 saturated heterocycles. The van der Waals surface area contributed by atoms with Crippen molar-refractivity contribution < 1.29 is 19.1 Å². The molecule has 1 N–H and O–H groups in total. The van der Waals surface area contributed by atoms with Gasteiger partial charge < -0.3 is 14.8 Å². The summed E-state index contributed by atoms with van der Waals surface area (Å²) < 4.78 is 11.3. The van der Waals surface area contributed by atoms with Crippen LogP contribution in [0.5, 0.6) is 0 Å². The molecule has 0 aromatic carbocycles. The maximum Gasteiger partial charge on any atom is 0.408 e. The Morgan fingerprint density at radius 3 is 2.17 bits per heavy atom. The predicted molar refractivity (Wildman–Crippen MR) is 92.2 cm³/mol. The second-order valence-electron chi connectivity index (χ2n) is 6.71. The molecule has 2 atom stereocenters. The Balaban J connectivity index is 2.72. The summed E-state index contributed by atoms with van der Waals surface area (Å²) in [6, 6.07) is -0.822. The summed E-state index contributed by atoms with van der Waals surface area (Å²) in [5.74, 6) is -0.343. The Kier molecular flexibility index (Phi) is 7.13. The van der Waals surface area contributed by atoms with Crippen molar-refractivity contribution in [2.75, 3.05) is 0 Å². The number of nitrogens with zero attached hydrogens (tertiary/aromatic N) is 2. The van der Waals surface area contributed by atoms with E-state index >= 15 is 0 Å². The van der Waals surface area contributed by atoms with Gasteiger partial charge in [0.25, 0.3) is 0 Å². The van der Waals surface area contributed by atoms with E-state index in [-0.39, 0.29) is 5.92 Å². The van der Waals surface area contributed by atoms with Crippen LogP contribution in [-0.4, -0.2) is 33.7 Å². The third-order valence-corrected chi connectivity index (χ3v) is 3.30. The fraction of sp³-hybridized carbons (Fsp3) is 0.625. The van der Waals surface area contributed by atoms with Gasteiger partial charge in [-0.2, -0.15) is 0 Å². The van der Waals surface area contributed by atoms with Crippen molar-refractivity contribution in [2.24, 2.45) is 5.92 Å². The summed E-state index contributed by atoms with van der Waals surface area (Å²) >= 11 is 3.24. The highest BCUT2D eigenvalue weighted by Gasteiger charge is 2.29. The molecule has 1 rings (SSSR count). The molecule has 1 amide bonds. The second-order valence-corrected chi connectivity index (χ2v) is 7.62. The first-order chi connectivity index (χ1) is 11.0. The second kappa shape index (κ2) is 8.41. The third kappa shape index (κ3) is 6.82. The first kappa shape index (κ1) is 20.3. The Bertz CT molecular complexity index is 570. The van der Waals surface area contributed by atoms with Crippen LogP contribution in [0.4, 0.5) is 4.79 Å². The van der Waals surface area contributed by atoms with Crippen LogP contribution in [0.1, 0.15) is 53.5 Å². The molecule has 1 heterocycles. The number of alkyl carbamates (subject to hydrolysis) is 1. The number of amides is 1. The van der Waals surface area contributed by atoms with Crippen LogP contribution in [0.3, 0.4) is 0 Å². The van der Waals surface area contributed by atoms with Gasteiger partial charge in [0.05, 0.1) is 4.47 Å². The molecule has 134 valence electrons. The minimum Gasteiger partial charge on any atom is -0.453 e. The van der Waals surface area contributed by atoms with Gasteiger partial charge in [-0.05, 0) is 49.5 Å². The van der Waals surface area contributed by atoms with Crippen molar-refractivity contribution in [3.8, 4) is 0 Å². The first-order valence-corrected chi connectivity index (χ1v) is 8.46. The lowest BCUT2D eigenvalue weighted by Crippen LogP contribution is -2.47. The van der Waals surface area contributed by atoms with Crippen molar-refractivity contribution in [1.29, 1.82) is 0 Å². The molecule has 1 aromatic heterocycles. The minimum atomic E-state index is -0.822. The lowest BCUT2D eigenvalue weighted by atomic mass is 10.1. The SMILES string of the molecule is CC(C)[C@@H](NC(=O)OC(C)(C)C)C(=O)O[C@@H](C)c1ncc(Br)cn1. The summed E-state index contributed by atoms with van der Waals surface area (Å²) in [6.07, 6.45) is 1.86. The Labute approximate surface area is 150 Å². The maximum absolute atomic E-state index is 12.4. The smallest absolute Gasteiger partial charge is 0.408 e. The number of carbonyl (C=O) groups is 2. The van der Waals surface area contributed by atoms with Gasteiger partial charge in [0, 0.05) is 12.4 Å². The normalized spacial score (nSPS) is 14.0. The number of carbonyl (C=O) groups excluding carboxylic acids is 2. The summed E-state index contributed by atoms with van der Waals surface area (Å²) in [4.78, 5) is 32.5. The average molecular weight is 402 g/mol. The summed E-state index contributed by atoms with van der Waals surface area (Å²) in [7, 11) is 0. The van der Waals surface area contributed by atoms with E-state index < -0.39 is 29.8 Å². The molecule has 0 saturated carbocycles. The van der Waals surface area contributed by atoms with Gasteiger partial charge in [-0.1, -0.05) is 13.8 Å². The standard InChI is InChI=1S/C16H24BrN3O4/c1-9(2)12(20-15(22)24-16(4,5)6)14(21)23-10(3)13-18-7-11(17)8-19-13/h7-10,12H,1-6H3,(H,20,22)/t10-,12+/m0/s1. The topological polar surface area (TPSA) is 90.4 Å². The zero-order chi connectivity index (χ0) is 18.5. The summed E-state index contributed by atoms with van der Waals surface area (Å²) in [5.41, 5.74) is -0.645. The van der Waals surface area contributed by atoms with E-state index in [2.05, 4.69) is 31.2 Å². The van der Waals surface area contributed by atoms with E-state index in [0.717, 1.165) is 4.47 Å². The molecule has 0 aliphatic carbocycles. The van der Waals surface area contributed by atoms with E-state index in [1.807, 2.05) is 13.8 Å². The van der Waals surface area contributed by atoms with E-state index in [1.54, 1.807) is 40.1 Å². The van der Waals surface area contributed by atoms with Crippen LogP contribution in [0.2, 0.25) is 0 Å². The fourth-order valence-electron chi connectivity index (χ4n) is 1.76. The van der Waals surface area contributed by atoms with Crippen LogP contribution in [-0.2, 0) is 14.3 Å². The van der Waals surface area contributed by atoms with Crippen molar-refractivity contribution >= 4 is 28.0 Å². The quantitative estimate of drug-likeness (QED) is 0.760. The molecule has 0 unspecified atom stereocenters. The molecular weight excluding hydrogens is 378 g/mol. The summed E-state index contributed by atoms with van der Waals surface area (Å²) in [6.45, 7) is 10.5. The monoisotopic (exact) mass is 401 g/mol. The largest absolute Gasteiger partial charge is 0.453 e. The highest BCUT2D eigenvalue weighted by Crippen LogP contribution is 2.17. The molecule has 8 heteroatoms. The van der Waals surface area contributed by atoms with Gasteiger partial charge in [-0.15, -0.1) is 0 Å². The molecule has 7 nitrogen and oxygen atoms in total. The van der Waals surface area contributed by atoms with Crippen LogP contribution in [0, 0.1) is 5.92 Å². The Morgan fingerprint density at radius 1 is 1.17 bits per heavy atom. The van der Waals surface area contributed by atoms with Crippen molar-refractivity contribution in [3.63, 3.8) is 0 Å². The van der Waals surface area contributed by atoms with E-state index in [4.69, 9.17) is 9.47 Å². The molecule has 0 fully saturated rings. The third-order valence-electron chi connectivity index (χ3n) is 2.89. The van der Waals surface area contributed by atoms with Crippen molar-refractivity contribution in [3.05, 3.63) is 22.7 Å². The van der Waals surface area contributed by atoms with Gasteiger partial charge in [-0.25, -0.2) is 19.6 Å². The molecule has 24 heavy (non-hydrogen) atoms. The van der Waals surface area contributed by atoms with Crippen molar-refractivity contribution in [2.45, 2.75) is 59.3 Å². The Hall–Kier alpha value is -1.70. The zero-order valence-electron chi connectivity index (χ0n) is 14.8. The highest BCUT2D eigenvalue weighted by molar-refractivity contribution is 9.10. The number of hydrogen-bond acceptors (Lipinski definition) is 6. The number of nitrogens with one attached hydrogen (secondary N) is 1. The number of hydrogen-bond donors (Lipinski definition) is 1. The van der Waals surface area contributed by atoms with E-state index in [1.165, 1.54) is 0 Å². The lowest BCUT2D eigenvalue weighted by Gasteiger charge is -2.25. The zero-order valence-corrected chi connectivity index (χ0v) is 16.4. The van der Waals surface area contributed by atoms with Gasteiger partial charge in [0.2, 0.25) is 0 Å². The molecule has 0 spiro atoms. The molecule has 1 aromatic rings. The number of ether oxygens (including phenoxy) is 2. The van der Waals surface area contributed by atoms with Crippen LogP contribution in [0.15, 0.2) is 16.9 Å². The lowest BCUT2D eigenvalue weighted by molar-refractivity contribution is -0.152. The minimum absolute atomic E-state index is 0.164. The van der Waals surface area contributed by atoms with Crippen molar-refractivity contribution in [1.82, 2.24) is 15.3 Å². The Morgan fingerprint density at radius 2 is 1.71 bits per heavy atom. The van der Waals surface area contributed by atoms with E-state index in [0.29, 0.717) is 5.82 Å². The number of esters is 1. The molecule has 0 aliphatic heterocycles. The first-order valence-electron chi connectivity index (χ1n) is 7.67. The summed E-state index contributed by atoms with van der Waals surface area (Å²) in [5, 5.41) is 2.55. The van der Waals surface area contributed by atoms with Crippen LogP contribution >= 0.6 is 15.9 Å².